The summed E-state index contributed by atoms with van der Waals surface area (Å²) in [6.45, 7) is 1.63. The van der Waals surface area contributed by atoms with Crippen molar-refractivity contribution in [2.45, 2.75) is 6.04 Å². The van der Waals surface area contributed by atoms with E-state index in [0.29, 0.717) is 12.0 Å². The Morgan fingerprint density at radius 1 is 1.25 bits per heavy atom. The van der Waals surface area contributed by atoms with Gasteiger partial charge in [0, 0.05) is 25.5 Å². The van der Waals surface area contributed by atoms with Crippen LogP contribution in [0, 0.1) is 5.82 Å². The van der Waals surface area contributed by atoms with E-state index in [1.165, 1.54) is 12.4 Å². The van der Waals surface area contributed by atoms with Crippen LogP contribution in [0.3, 0.4) is 0 Å². The summed E-state index contributed by atoms with van der Waals surface area (Å²) in [5, 5.41) is 4.17. The van der Waals surface area contributed by atoms with E-state index in [-0.39, 0.29) is 0 Å². The van der Waals surface area contributed by atoms with Gasteiger partial charge in [0.1, 0.15) is 0 Å². The Balaban J connectivity index is 1.67. The lowest BCUT2D eigenvalue weighted by Crippen LogP contribution is -2.48. The topological polar surface area (TPSA) is 46.8 Å². The molecule has 1 fully saturated rings. The molecule has 0 amide bonds. The van der Waals surface area contributed by atoms with Crippen molar-refractivity contribution in [3.05, 3.63) is 36.7 Å². The average Bonchev–Trinajstić information content (AvgIpc) is 2.72. The van der Waals surface area contributed by atoms with Crippen LogP contribution >= 0.6 is 0 Å². The molecule has 6 heteroatoms. The van der Waals surface area contributed by atoms with Crippen LogP contribution in [0.4, 0.5) is 10.3 Å². The Hall–Kier alpha value is -1.98. The number of nitrogens with zero attached hydrogens (tertiary/aromatic N) is 5. The van der Waals surface area contributed by atoms with Crippen LogP contribution in [0.5, 0.6) is 0 Å². The molecule has 0 aromatic carbocycles. The molecule has 0 saturated carbocycles. The van der Waals surface area contributed by atoms with Gasteiger partial charge in [-0.15, -0.1) is 0 Å². The molecule has 1 aliphatic rings. The minimum absolute atomic E-state index is 0.364. The first kappa shape index (κ1) is 9.26. The number of anilines is 1. The van der Waals surface area contributed by atoms with Gasteiger partial charge in [0.2, 0.25) is 5.95 Å². The lowest BCUT2D eigenvalue weighted by atomic mass is 10.1. The van der Waals surface area contributed by atoms with Gasteiger partial charge in [-0.05, 0) is 6.07 Å². The van der Waals surface area contributed by atoms with Crippen LogP contribution in [-0.2, 0) is 0 Å². The maximum absolute atomic E-state index is 12.6. The molecule has 5 nitrogen and oxygen atoms in total. The van der Waals surface area contributed by atoms with E-state index in [1.807, 2.05) is 21.8 Å². The molecule has 2 aromatic rings. The third-order valence-electron chi connectivity index (χ3n) is 2.65. The van der Waals surface area contributed by atoms with E-state index in [9.17, 15) is 4.39 Å². The van der Waals surface area contributed by atoms with Gasteiger partial charge in [-0.2, -0.15) is 5.10 Å². The quantitative estimate of drug-likeness (QED) is 0.752. The molecule has 0 atom stereocenters. The Morgan fingerprint density at radius 3 is 2.62 bits per heavy atom. The van der Waals surface area contributed by atoms with Crippen molar-refractivity contribution in [1.82, 2.24) is 19.7 Å². The Kier molecular flexibility index (Phi) is 2.05. The van der Waals surface area contributed by atoms with Gasteiger partial charge in [0.15, 0.2) is 5.82 Å². The molecule has 1 saturated heterocycles. The summed E-state index contributed by atoms with van der Waals surface area (Å²) in [6.07, 6.45) is 6.07. The zero-order valence-corrected chi connectivity index (χ0v) is 8.49. The molecular weight excluding hydrogens is 209 g/mol. The number of halogens is 1. The molecule has 0 N–H and O–H groups in total. The lowest BCUT2D eigenvalue weighted by molar-refractivity contribution is 0.363. The van der Waals surface area contributed by atoms with Crippen molar-refractivity contribution >= 4 is 5.95 Å². The van der Waals surface area contributed by atoms with Crippen LogP contribution < -0.4 is 4.90 Å². The minimum atomic E-state index is -0.409. The molecule has 0 radical (unpaired) electrons. The average molecular weight is 219 g/mol. The van der Waals surface area contributed by atoms with Crippen molar-refractivity contribution in [2.75, 3.05) is 18.0 Å². The monoisotopic (exact) mass is 219 g/mol. The van der Waals surface area contributed by atoms with E-state index in [4.69, 9.17) is 0 Å². The van der Waals surface area contributed by atoms with Gasteiger partial charge >= 0.3 is 0 Å². The fourth-order valence-corrected chi connectivity index (χ4v) is 1.75. The first-order valence-electron chi connectivity index (χ1n) is 5.04. The first-order valence-corrected chi connectivity index (χ1v) is 5.04. The zero-order chi connectivity index (χ0) is 11.0. The maximum atomic E-state index is 12.6. The second-order valence-corrected chi connectivity index (χ2v) is 3.75. The summed E-state index contributed by atoms with van der Waals surface area (Å²) in [6, 6.07) is 2.26. The highest BCUT2D eigenvalue weighted by atomic mass is 19.1. The van der Waals surface area contributed by atoms with Gasteiger partial charge in [0.25, 0.3) is 0 Å². The second-order valence-electron chi connectivity index (χ2n) is 3.75. The molecule has 3 rings (SSSR count). The van der Waals surface area contributed by atoms with Crippen molar-refractivity contribution in [3.8, 4) is 0 Å². The minimum Gasteiger partial charge on any atom is -0.336 e. The van der Waals surface area contributed by atoms with E-state index >= 15 is 0 Å². The standard InChI is InChI=1S/C10H10FN5/c11-8-4-12-10(13-5-8)15-6-9(7-15)16-3-1-2-14-16/h1-5,9H,6-7H2. The Morgan fingerprint density at radius 2 is 2.00 bits per heavy atom. The third kappa shape index (κ3) is 1.52. The fourth-order valence-electron chi connectivity index (χ4n) is 1.75. The van der Waals surface area contributed by atoms with E-state index in [2.05, 4.69) is 15.1 Å². The number of rotatable bonds is 2. The predicted octanol–water partition coefficient (Wildman–Crippen LogP) is 0.873. The van der Waals surface area contributed by atoms with E-state index in [0.717, 1.165) is 13.1 Å². The molecule has 82 valence electrons. The molecule has 0 unspecified atom stereocenters. The van der Waals surface area contributed by atoms with Crippen LogP contribution in [-0.4, -0.2) is 32.8 Å². The molecule has 0 spiro atoms. The summed E-state index contributed by atoms with van der Waals surface area (Å²) in [4.78, 5) is 9.84. The molecule has 0 bridgehead atoms. The Labute approximate surface area is 91.5 Å². The van der Waals surface area contributed by atoms with Crippen molar-refractivity contribution in [3.63, 3.8) is 0 Å². The van der Waals surface area contributed by atoms with Crippen molar-refractivity contribution in [2.24, 2.45) is 0 Å². The highest BCUT2D eigenvalue weighted by Crippen LogP contribution is 2.23. The predicted molar refractivity (Wildman–Crippen MR) is 55.5 cm³/mol. The summed E-state index contributed by atoms with van der Waals surface area (Å²) >= 11 is 0. The molecule has 2 aromatic heterocycles. The first-order chi connectivity index (χ1) is 7.83. The Bertz CT molecular complexity index is 460. The van der Waals surface area contributed by atoms with Gasteiger partial charge in [-0.25, -0.2) is 14.4 Å². The lowest BCUT2D eigenvalue weighted by Gasteiger charge is -2.38. The molecule has 0 aliphatic carbocycles. The molecular formula is C10H10FN5. The zero-order valence-electron chi connectivity index (χ0n) is 8.49. The van der Waals surface area contributed by atoms with Gasteiger partial charge in [-0.3, -0.25) is 4.68 Å². The highest BCUT2D eigenvalue weighted by molar-refractivity contribution is 5.33. The maximum Gasteiger partial charge on any atom is 0.225 e. The number of hydrogen-bond acceptors (Lipinski definition) is 4. The smallest absolute Gasteiger partial charge is 0.225 e. The molecule has 1 aliphatic heterocycles. The summed E-state index contributed by atoms with van der Waals surface area (Å²) in [5.74, 6) is 0.165. The molecule has 3 heterocycles. The van der Waals surface area contributed by atoms with Crippen molar-refractivity contribution < 1.29 is 4.39 Å². The van der Waals surface area contributed by atoms with Crippen LogP contribution in [0.1, 0.15) is 6.04 Å². The van der Waals surface area contributed by atoms with Gasteiger partial charge < -0.3 is 4.90 Å². The summed E-state index contributed by atoms with van der Waals surface area (Å²) in [5.41, 5.74) is 0. The summed E-state index contributed by atoms with van der Waals surface area (Å²) < 4.78 is 14.5. The molecule has 16 heavy (non-hydrogen) atoms. The van der Waals surface area contributed by atoms with Crippen LogP contribution in [0.2, 0.25) is 0 Å². The SMILES string of the molecule is Fc1cnc(N2CC(n3cccn3)C2)nc1. The number of aromatic nitrogens is 4. The third-order valence-corrected chi connectivity index (χ3v) is 2.65. The highest BCUT2D eigenvalue weighted by Gasteiger charge is 2.30. The van der Waals surface area contributed by atoms with Crippen LogP contribution in [0.15, 0.2) is 30.9 Å². The van der Waals surface area contributed by atoms with Crippen LogP contribution in [0.25, 0.3) is 0 Å². The fraction of sp³-hybridized carbons (Fsp3) is 0.300. The largest absolute Gasteiger partial charge is 0.336 e. The van der Waals surface area contributed by atoms with Gasteiger partial charge in [0.05, 0.1) is 18.4 Å². The summed E-state index contributed by atoms with van der Waals surface area (Å²) in [7, 11) is 0. The van der Waals surface area contributed by atoms with E-state index in [1.54, 1.807) is 6.20 Å². The van der Waals surface area contributed by atoms with Gasteiger partial charge in [-0.1, -0.05) is 0 Å². The normalized spacial score (nSPS) is 16.2. The number of hydrogen-bond donors (Lipinski definition) is 0. The van der Waals surface area contributed by atoms with Crippen molar-refractivity contribution in [1.29, 1.82) is 0 Å². The second kappa shape index (κ2) is 3.55. The van der Waals surface area contributed by atoms with E-state index < -0.39 is 5.82 Å².